The fraction of sp³-hybridized carbons (Fsp3) is 0.444. The minimum atomic E-state index is -0.259. The first-order valence-corrected chi connectivity index (χ1v) is 9.59. The Hall–Kier alpha value is -2.15. The lowest BCUT2D eigenvalue weighted by atomic mass is 10.0. The Morgan fingerprint density at radius 3 is 2.80 bits per heavy atom. The highest BCUT2D eigenvalue weighted by Crippen LogP contribution is 2.43. The topological polar surface area (TPSA) is 76.1 Å². The van der Waals surface area contributed by atoms with Gasteiger partial charge < -0.3 is 10.1 Å². The van der Waals surface area contributed by atoms with Crippen molar-refractivity contribution in [1.29, 1.82) is 0 Å². The van der Waals surface area contributed by atoms with E-state index in [9.17, 15) is 9.59 Å². The molecule has 0 aliphatic carbocycles. The molecule has 1 aliphatic heterocycles. The molecule has 6 nitrogen and oxygen atoms in total. The van der Waals surface area contributed by atoms with Crippen LogP contribution in [0.15, 0.2) is 29.1 Å². The lowest BCUT2D eigenvalue weighted by Gasteiger charge is -2.18. The third kappa shape index (κ3) is 3.33. The number of aromatic nitrogens is 2. The van der Waals surface area contributed by atoms with Gasteiger partial charge in [0.2, 0.25) is 5.91 Å². The van der Waals surface area contributed by atoms with Crippen LogP contribution in [0.5, 0.6) is 5.75 Å². The Labute approximate surface area is 150 Å². The summed E-state index contributed by atoms with van der Waals surface area (Å²) in [6.07, 6.45) is 0.847. The smallest absolute Gasteiger partial charge is 0.270 e. The van der Waals surface area contributed by atoms with Crippen molar-refractivity contribution < 1.29 is 9.53 Å². The average molecular weight is 361 g/mol. The fourth-order valence-corrected chi connectivity index (χ4v) is 4.14. The lowest BCUT2D eigenvalue weighted by Crippen LogP contribution is -2.18. The van der Waals surface area contributed by atoms with Crippen molar-refractivity contribution in [3.8, 4) is 5.75 Å². The van der Waals surface area contributed by atoms with E-state index >= 15 is 0 Å². The largest absolute Gasteiger partial charge is 0.494 e. The molecule has 7 heteroatoms. The van der Waals surface area contributed by atoms with Crippen molar-refractivity contribution in [3.05, 3.63) is 45.7 Å². The van der Waals surface area contributed by atoms with Gasteiger partial charge in [-0.1, -0.05) is 25.1 Å². The molecule has 0 spiro atoms. The third-order valence-corrected chi connectivity index (χ3v) is 5.65. The SMILES string of the molecule is CCOc1ccccc1[C@H]1SCC(=O)Nc2c1c(=O)[nH]n2[C@H](C)CC. The number of ether oxygens (including phenoxy) is 1. The second-order valence-corrected chi connectivity index (χ2v) is 7.13. The Balaban J connectivity index is 2.17. The number of anilines is 1. The van der Waals surface area contributed by atoms with Gasteiger partial charge in [0.1, 0.15) is 11.6 Å². The maximum atomic E-state index is 12.7. The van der Waals surface area contributed by atoms with E-state index < -0.39 is 0 Å². The maximum absolute atomic E-state index is 12.7. The molecule has 0 saturated carbocycles. The van der Waals surface area contributed by atoms with E-state index in [1.54, 1.807) is 4.68 Å². The molecule has 0 radical (unpaired) electrons. The summed E-state index contributed by atoms with van der Waals surface area (Å²) >= 11 is 1.45. The van der Waals surface area contributed by atoms with Gasteiger partial charge in [-0.2, -0.15) is 0 Å². The zero-order valence-corrected chi connectivity index (χ0v) is 15.5. The van der Waals surface area contributed by atoms with Crippen molar-refractivity contribution in [3.63, 3.8) is 0 Å². The maximum Gasteiger partial charge on any atom is 0.270 e. The standard InChI is InChI=1S/C18H23N3O3S/c1-4-11(3)21-17-15(18(23)20-21)16(25-10-14(22)19-17)12-8-6-7-9-13(12)24-5-2/h6-9,11,16H,4-5,10H2,1-3H3,(H,19,22)(H,20,23)/t11-,16-/m1/s1. The van der Waals surface area contributed by atoms with Crippen LogP contribution in [-0.4, -0.2) is 28.0 Å². The zero-order chi connectivity index (χ0) is 18.0. The monoisotopic (exact) mass is 361 g/mol. The minimum absolute atomic E-state index is 0.0858. The second kappa shape index (κ2) is 7.39. The molecule has 0 bridgehead atoms. The number of benzene rings is 1. The number of fused-ring (bicyclic) bond motifs is 1. The number of nitrogens with one attached hydrogen (secondary N) is 2. The molecule has 25 heavy (non-hydrogen) atoms. The van der Waals surface area contributed by atoms with E-state index in [2.05, 4.69) is 10.4 Å². The zero-order valence-electron chi connectivity index (χ0n) is 14.7. The summed E-state index contributed by atoms with van der Waals surface area (Å²) in [5, 5.41) is 5.55. The van der Waals surface area contributed by atoms with Crippen LogP contribution < -0.4 is 15.6 Å². The molecule has 1 aliphatic rings. The number of thioether (sulfide) groups is 1. The third-order valence-electron chi connectivity index (χ3n) is 4.40. The molecule has 1 aromatic carbocycles. The van der Waals surface area contributed by atoms with Crippen LogP contribution in [0.25, 0.3) is 0 Å². The Kier molecular flexibility index (Phi) is 5.22. The molecule has 0 saturated heterocycles. The van der Waals surface area contributed by atoms with Gasteiger partial charge in [-0.05, 0) is 26.3 Å². The van der Waals surface area contributed by atoms with E-state index in [-0.39, 0.29) is 22.8 Å². The first-order valence-electron chi connectivity index (χ1n) is 8.54. The average Bonchev–Trinajstić information content (AvgIpc) is 2.82. The van der Waals surface area contributed by atoms with Gasteiger partial charge in [0, 0.05) is 11.6 Å². The predicted molar refractivity (Wildman–Crippen MR) is 101 cm³/mol. The molecule has 2 heterocycles. The molecule has 134 valence electrons. The van der Waals surface area contributed by atoms with Crippen molar-refractivity contribution in [2.75, 3.05) is 17.7 Å². The van der Waals surface area contributed by atoms with E-state index in [4.69, 9.17) is 4.74 Å². The van der Waals surface area contributed by atoms with Crippen molar-refractivity contribution in [1.82, 2.24) is 9.78 Å². The molecule has 0 unspecified atom stereocenters. The van der Waals surface area contributed by atoms with Crippen LogP contribution in [0, 0.1) is 0 Å². The van der Waals surface area contributed by atoms with Gasteiger partial charge in [-0.15, -0.1) is 11.8 Å². The van der Waals surface area contributed by atoms with Crippen LogP contribution >= 0.6 is 11.8 Å². The van der Waals surface area contributed by atoms with Crippen LogP contribution in [0.3, 0.4) is 0 Å². The number of aromatic amines is 1. The summed E-state index contributed by atoms with van der Waals surface area (Å²) < 4.78 is 7.53. The number of nitrogens with zero attached hydrogens (tertiary/aromatic N) is 1. The molecule has 3 rings (SSSR count). The van der Waals surface area contributed by atoms with Gasteiger partial charge >= 0.3 is 0 Å². The van der Waals surface area contributed by atoms with Gasteiger partial charge in [0.25, 0.3) is 5.56 Å². The van der Waals surface area contributed by atoms with Crippen molar-refractivity contribution in [2.45, 2.75) is 38.5 Å². The van der Waals surface area contributed by atoms with E-state index in [1.165, 1.54) is 11.8 Å². The number of para-hydroxylation sites is 1. The summed E-state index contributed by atoms with van der Waals surface area (Å²) in [6, 6.07) is 7.79. The van der Waals surface area contributed by atoms with Crippen LogP contribution in [0.2, 0.25) is 0 Å². The summed E-state index contributed by atoms with van der Waals surface area (Å²) in [4.78, 5) is 24.9. The first-order chi connectivity index (χ1) is 12.1. The predicted octanol–water partition coefficient (Wildman–Crippen LogP) is 3.32. The Morgan fingerprint density at radius 2 is 2.08 bits per heavy atom. The van der Waals surface area contributed by atoms with Crippen LogP contribution in [0.1, 0.15) is 49.6 Å². The number of rotatable bonds is 5. The highest BCUT2D eigenvalue weighted by atomic mass is 32.2. The molecule has 1 aromatic heterocycles. The van der Waals surface area contributed by atoms with E-state index in [1.807, 2.05) is 45.0 Å². The van der Waals surface area contributed by atoms with Crippen LogP contribution in [0.4, 0.5) is 5.82 Å². The minimum Gasteiger partial charge on any atom is -0.494 e. The summed E-state index contributed by atoms with van der Waals surface area (Å²) in [6.45, 7) is 6.54. The molecule has 1 amide bonds. The Bertz CT molecular complexity index is 827. The van der Waals surface area contributed by atoms with Crippen LogP contribution in [-0.2, 0) is 4.79 Å². The van der Waals surface area contributed by atoms with E-state index in [0.717, 1.165) is 17.7 Å². The second-order valence-electron chi connectivity index (χ2n) is 6.04. The van der Waals surface area contributed by atoms with Crippen molar-refractivity contribution in [2.24, 2.45) is 0 Å². The summed E-state index contributed by atoms with van der Waals surface area (Å²) in [7, 11) is 0. The first kappa shape index (κ1) is 17.7. The molecule has 2 aromatic rings. The molecule has 0 fully saturated rings. The summed E-state index contributed by atoms with van der Waals surface area (Å²) in [5.41, 5.74) is 1.34. The highest BCUT2D eigenvalue weighted by Gasteiger charge is 2.32. The van der Waals surface area contributed by atoms with Gasteiger partial charge in [-0.3, -0.25) is 19.4 Å². The number of amides is 1. The van der Waals surface area contributed by atoms with Gasteiger partial charge in [-0.25, -0.2) is 0 Å². The molecular weight excluding hydrogens is 338 g/mol. The molecular formula is C18H23N3O3S. The lowest BCUT2D eigenvalue weighted by molar-refractivity contribution is -0.113. The molecule has 2 atom stereocenters. The van der Waals surface area contributed by atoms with Crippen molar-refractivity contribution >= 4 is 23.5 Å². The number of carbonyl (C=O) groups excluding carboxylic acids is 1. The van der Waals surface area contributed by atoms with Gasteiger partial charge in [0.15, 0.2) is 0 Å². The highest BCUT2D eigenvalue weighted by molar-refractivity contribution is 8.00. The Morgan fingerprint density at radius 1 is 1.32 bits per heavy atom. The quantitative estimate of drug-likeness (QED) is 0.856. The van der Waals surface area contributed by atoms with Gasteiger partial charge in [0.05, 0.1) is 23.2 Å². The normalized spacial score (nSPS) is 18.2. The number of hydrogen-bond acceptors (Lipinski definition) is 4. The molecule has 2 N–H and O–H groups in total. The number of carbonyl (C=O) groups is 1. The summed E-state index contributed by atoms with van der Waals surface area (Å²) in [5.74, 6) is 1.52. The van der Waals surface area contributed by atoms with E-state index in [0.29, 0.717) is 23.7 Å². The fourth-order valence-electron chi connectivity index (χ4n) is 2.99. The number of H-pyrrole nitrogens is 1. The number of hydrogen-bond donors (Lipinski definition) is 2.